The van der Waals surface area contributed by atoms with Gasteiger partial charge in [0.25, 0.3) is 0 Å². The fourth-order valence-electron chi connectivity index (χ4n) is 7.82. The van der Waals surface area contributed by atoms with Gasteiger partial charge in [-0.15, -0.1) is 0 Å². The summed E-state index contributed by atoms with van der Waals surface area (Å²) >= 11 is 0. The van der Waals surface area contributed by atoms with Crippen LogP contribution in [0.4, 0.5) is 0 Å². The number of carbonyl (C=O) groups excluding carboxylic acids is 4. The molecule has 3 aromatic rings. The fraction of sp³-hybridized carbons (Fsp3) is 0.485. The van der Waals surface area contributed by atoms with E-state index in [1.165, 1.54) is 69.1 Å². The maximum Gasteiger partial charge on any atom is 0.374 e. The molecule has 244 valence electrons. The SMILES string of the molecule is CC(=O)O[C@H]1[C@@H](OC(=O)c2cccnc2)C[C@@](C)(O)[C@]23OC(C)(C)[C@H](C[C@H](OC(=O)c4ccco4)[C@]12C)[C@H]3OC(=O)c1ccco1. The van der Waals surface area contributed by atoms with E-state index in [4.69, 9.17) is 32.5 Å². The van der Waals surface area contributed by atoms with Crippen molar-refractivity contribution < 1.29 is 56.8 Å². The van der Waals surface area contributed by atoms with Crippen LogP contribution in [-0.4, -0.2) is 75.2 Å². The minimum Gasteiger partial charge on any atom is -0.458 e. The van der Waals surface area contributed by atoms with E-state index in [1.54, 1.807) is 26.8 Å². The largest absolute Gasteiger partial charge is 0.458 e. The summed E-state index contributed by atoms with van der Waals surface area (Å²) in [6, 6.07) is 9.01. The molecule has 1 spiro atoms. The molecule has 1 N–H and O–H groups in total. The summed E-state index contributed by atoms with van der Waals surface area (Å²) in [4.78, 5) is 56.9. The van der Waals surface area contributed by atoms with E-state index in [2.05, 4.69) is 4.98 Å². The van der Waals surface area contributed by atoms with E-state index >= 15 is 0 Å². The van der Waals surface area contributed by atoms with E-state index in [-0.39, 0.29) is 29.9 Å². The zero-order valence-corrected chi connectivity index (χ0v) is 26.0. The first-order valence-electron chi connectivity index (χ1n) is 14.9. The number of ether oxygens (including phenoxy) is 5. The van der Waals surface area contributed by atoms with Crippen LogP contribution >= 0.6 is 0 Å². The van der Waals surface area contributed by atoms with Gasteiger partial charge in [-0.05, 0) is 70.5 Å². The molecule has 3 fully saturated rings. The third kappa shape index (κ3) is 4.80. The van der Waals surface area contributed by atoms with Crippen LogP contribution in [0.1, 0.15) is 78.9 Å². The van der Waals surface area contributed by atoms with Gasteiger partial charge in [0.05, 0.1) is 34.7 Å². The van der Waals surface area contributed by atoms with Gasteiger partial charge < -0.3 is 37.6 Å². The van der Waals surface area contributed by atoms with Crippen molar-refractivity contribution in [1.82, 2.24) is 4.98 Å². The van der Waals surface area contributed by atoms with Crippen LogP contribution in [0.5, 0.6) is 0 Å². The summed E-state index contributed by atoms with van der Waals surface area (Å²) in [7, 11) is 0. The Kier molecular flexibility index (Phi) is 7.59. The summed E-state index contributed by atoms with van der Waals surface area (Å²) in [5.74, 6) is -3.92. The van der Waals surface area contributed by atoms with E-state index in [9.17, 15) is 24.3 Å². The average molecular weight is 638 g/mol. The first-order chi connectivity index (χ1) is 21.7. The second-order valence-corrected chi connectivity index (χ2v) is 12.9. The molecule has 8 atom stereocenters. The number of hydrogen-bond donors (Lipinski definition) is 1. The molecule has 0 amide bonds. The maximum atomic E-state index is 13.4. The summed E-state index contributed by atoms with van der Waals surface area (Å²) < 4.78 is 41.6. The molecule has 3 aromatic heterocycles. The third-order valence-corrected chi connectivity index (χ3v) is 9.72. The number of aromatic nitrogens is 1. The number of fused-ring (bicyclic) bond motifs is 1. The Balaban J connectivity index is 1.51. The summed E-state index contributed by atoms with van der Waals surface area (Å²) in [5.41, 5.74) is -6.44. The van der Waals surface area contributed by atoms with Gasteiger partial charge in [-0.1, -0.05) is 0 Å². The van der Waals surface area contributed by atoms with Gasteiger partial charge in [0, 0.05) is 31.7 Å². The lowest BCUT2D eigenvalue weighted by atomic mass is 9.47. The number of hydrogen-bond acceptors (Lipinski definition) is 13. The topological polar surface area (TPSA) is 174 Å². The van der Waals surface area contributed by atoms with Crippen LogP contribution in [0.25, 0.3) is 0 Å². The van der Waals surface area contributed by atoms with Crippen molar-refractivity contribution in [2.75, 3.05) is 0 Å². The number of carbonyl (C=O) groups is 4. The molecule has 0 radical (unpaired) electrons. The van der Waals surface area contributed by atoms with Crippen molar-refractivity contribution in [3.8, 4) is 0 Å². The van der Waals surface area contributed by atoms with Crippen molar-refractivity contribution in [1.29, 1.82) is 0 Å². The third-order valence-electron chi connectivity index (χ3n) is 9.72. The highest BCUT2D eigenvalue weighted by molar-refractivity contribution is 5.89. The van der Waals surface area contributed by atoms with Crippen LogP contribution in [-0.2, 0) is 28.5 Å². The van der Waals surface area contributed by atoms with Crippen molar-refractivity contribution in [3.63, 3.8) is 0 Å². The normalized spacial score (nSPS) is 34.2. The summed E-state index contributed by atoms with van der Waals surface area (Å²) in [6.07, 6.45) is 0.284. The second-order valence-electron chi connectivity index (χ2n) is 12.9. The molecule has 0 unspecified atom stereocenters. The molecule has 1 saturated heterocycles. The number of esters is 4. The Bertz CT molecular complexity index is 1610. The fourth-order valence-corrected chi connectivity index (χ4v) is 7.82. The molecule has 3 aliphatic rings. The zero-order valence-electron chi connectivity index (χ0n) is 26.0. The quantitative estimate of drug-likeness (QED) is 0.292. The predicted molar refractivity (Wildman–Crippen MR) is 154 cm³/mol. The van der Waals surface area contributed by atoms with Crippen molar-refractivity contribution in [2.24, 2.45) is 11.3 Å². The molecule has 1 aliphatic heterocycles. The highest BCUT2D eigenvalue weighted by atomic mass is 16.6. The lowest BCUT2D eigenvalue weighted by Gasteiger charge is -2.65. The summed E-state index contributed by atoms with van der Waals surface area (Å²) in [6.45, 7) is 7.84. The van der Waals surface area contributed by atoms with Crippen molar-refractivity contribution >= 4 is 23.9 Å². The van der Waals surface area contributed by atoms with Gasteiger partial charge in [0.1, 0.15) is 23.9 Å². The molecule has 4 heterocycles. The van der Waals surface area contributed by atoms with Crippen molar-refractivity contribution in [3.05, 3.63) is 78.4 Å². The van der Waals surface area contributed by atoms with E-state index in [0.717, 1.165) is 0 Å². The van der Waals surface area contributed by atoms with Gasteiger partial charge in [-0.3, -0.25) is 9.78 Å². The van der Waals surface area contributed by atoms with Crippen LogP contribution in [0.2, 0.25) is 0 Å². The number of aliphatic hydroxyl groups is 1. The van der Waals surface area contributed by atoms with Gasteiger partial charge in [-0.25, -0.2) is 14.4 Å². The molecule has 6 rings (SSSR count). The van der Waals surface area contributed by atoms with Gasteiger partial charge in [0.15, 0.2) is 6.10 Å². The molecule has 0 aromatic carbocycles. The Hall–Kier alpha value is -4.49. The van der Waals surface area contributed by atoms with Crippen LogP contribution < -0.4 is 0 Å². The minimum atomic E-state index is -1.94. The average Bonchev–Trinajstić information content (AvgIpc) is 3.76. The number of pyridine rings is 1. The Morgan fingerprint density at radius 2 is 1.50 bits per heavy atom. The number of rotatable bonds is 7. The molecular formula is C33H35NO12. The van der Waals surface area contributed by atoms with Crippen molar-refractivity contribution in [2.45, 2.75) is 88.7 Å². The standard InChI is InChI=1S/C33H35NO12/c1-18(35)42-26-23(43-27(36)19-9-6-12-34-17-19)16-31(4,39)33-25(45-29(38)22-11-8-14-41-22)20(30(2,3)46-33)15-24(32(26,33)5)44-28(37)21-10-7-13-40-21/h6-14,17,20,23-26,39H,15-16H2,1-5H3/t20-,23+,24+,25-,26+,31-,32-,33+/m1/s1. The van der Waals surface area contributed by atoms with Gasteiger partial charge in [-0.2, -0.15) is 0 Å². The van der Waals surface area contributed by atoms with Crippen LogP contribution in [0.15, 0.2) is 70.2 Å². The molecule has 13 nitrogen and oxygen atoms in total. The van der Waals surface area contributed by atoms with E-state index in [1.807, 2.05) is 0 Å². The lowest BCUT2D eigenvalue weighted by molar-refractivity contribution is -0.342. The molecular weight excluding hydrogens is 602 g/mol. The first-order valence-corrected chi connectivity index (χ1v) is 14.9. The Morgan fingerprint density at radius 1 is 0.848 bits per heavy atom. The highest BCUT2D eigenvalue weighted by Crippen LogP contribution is 2.69. The maximum absolute atomic E-state index is 13.4. The van der Waals surface area contributed by atoms with E-state index in [0.29, 0.717) is 0 Å². The lowest BCUT2D eigenvalue weighted by Crippen LogP contribution is -2.81. The number of furan rings is 2. The highest BCUT2D eigenvalue weighted by Gasteiger charge is 2.84. The summed E-state index contributed by atoms with van der Waals surface area (Å²) in [5, 5.41) is 12.6. The molecule has 2 aliphatic carbocycles. The molecule has 13 heteroatoms. The molecule has 46 heavy (non-hydrogen) atoms. The van der Waals surface area contributed by atoms with E-state index < -0.39 is 76.4 Å². The van der Waals surface area contributed by atoms with Gasteiger partial charge in [0.2, 0.25) is 11.5 Å². The minimum absolute atomic E-state index is 0.0465. The predicted octanol–water partition coefficient (Wildman–Crippen LogP) is 3.90. The smallest absolute Gasteiger partial charge is 0.374 e. The Morgan fingerprint density at radius 3 is 2.07 bits per heavy atom. The Labute approximate surface area is 264 Å². The zero-order chi connectivity index (χ0) is 33.1. The first kappa shape index (κ1) is 31.5. The second kappa shape index (κ2) is 11.1. The molecule has 2 saturated carbocycles. The monoisotopic (exact) mass is 637 g/mol. The van der Waals surface area contributed by atoms with Crippen LogP contribution in [0, 0.1) is 11.3 Å². The van der Waals surface area contributed by atoms with Gasteiger partial charge >= 0.3 is 23.9 Å². The number of nitrogens with zero attached hydrogens (tertiary/aromatic N) is 1. The van der Waals surface area contributed by atoms with Crippen LogP contribution in [0.3, 0.4) is 0 Å². The molecule has 2 bridgehead atoms.